The maximum absolute atomic E-state index is 9.58. The molecule has 3 aromatic heterocycles. The van der Waals surface area contributed by atoms with E-state index in [2.05, 4.69) is 60.5 Å². The van der Waals surface area contributed by atoms with Gasteiger partial charge in [0.2, 0.25) is 5.89 Å². The standard InChI is InChI=1S/C35H32ClN5O2/c1-21-25(7-5-9-27(21)35-40-31-18-23(20-42)17-29(36)33(31)43-35)26-8-6-10-30(22(26)2)39-34-32-28(12-14-38-34)24(11-13-37-32)19-41-15-3-4-16-41/h5-14,17-18,42H,3-4,15-16,19-20H2,1-2H3,(H,38,39). The predicted molar refractivity (Wildman–Crippen MR) is 173 cm³/mol. The van der Waals surface area contributed by atoms with Crippen LogP contribution in [0.25, 0.3) is 44.6 Å². The van der Waals surface area contributed by atoms with Gasteiger partial charge < -0.3 is 14.8 Å². The third-order valence-electron chi connectivity index (χ3n) is 8.47. The first-order valence-electron chi connectivity index (χ1n) is 14.6. The molecule has 3 aromatic carbocycles. The van der Waals surface area contributed by atoms with Crippen LogP contribution in [0.1, 0.15) is 35.1 Å². The highest BCUT2D eigenvalue weighted by Gasteiger charge is 2.19. The second-order valence-corrected chi connectivity index (χ2v) is 11.6. The second-order valence-electron chi connectivity index (χ2n) is 11.2. The van der Waals surface area contributed by atoms with Crippen LogP contribution < -0.4 is 5.32 Å². The molecule has 6 aromatic rings. The van der Waals surface area contributed by atoms with E-state index >= 15 is 0 Å². The summed E-state index contributed by atoms with van der Waals surface area (Å²) in [5.41, 5.74) is 10.2. The summed E-state index contributed by atoms with van der Waals surface area (Å²) in [6.07, 6.45) is 6.29. The van der Waals surface area contributed by atoms with Crippen LogP contribution in [0, 0.1) is 13.8 Å². The second kappa shape index (κ2) is 11.4. The molecule has 1 saturated heterocycles. The molecular formula is C35H32ClN5O2. The first-order valence-corrected chi connectivity index (χ1v) is 15.0. The first kappa shape index (κ1) is 27.5. The number of halogens is 1. The van der Waals surface area contributed by atoms with Gasteiger partial charge in [-0.3, -0.25) is 9.88 Å². The number of benzene rings is 3. The largest absolute Gasteiger partial charge is 0.434 e. The van der Waals surface area contributed by atoms with Crippen LogP contribution in [0.3, 0.4) is 0 Å². The van der Waals surface area contributed by atoms with Crippen LogP contribution in [0.2, 0.25) is 5.02 Å². The molecule has 0 bridgehead atoms. The van der Waals surface area contributed by atoms with Gasteiger partial charge in [-0.25, -0.2) is 9.97 Å². The number of aliphatic hydroxyl groups is 1. The summed E-state index contributed by atoms with van der Waals surface area (Å²) in [4.78, 5) is 16.7. The number of rotatable bonds is 7. The van der Waals surface area contributed by atoms with E-state index in [0.717, 1.165) is 69.9 Å². The Balaban J connectivity index is 1.24. The van der Waals surface area contributed by atoms with E-state index in [9.17, 15) is 5.11 Å². The fourth-order valence-corrected chi connectivity index (χ4v) is 6.42. The number of aromatic nitrogens is 3. The molecule has 0 atom stereocenters. The Morgan fingerprint density at radius 3 is 2.47 bits per heavy atom. The van der Waals surface area contributed by atoms with Crippen LogP contribution in [0.15, 0.2) is 77.5 Å². The van der Waals surface area contributed by atoms with E-state index < -0.39 is 0 Å². The van der Waals surface area contributed by atoms with Crippen LogP contribution in [0.4, 0.5) is 11.5 Å². The lowest BCUT2D eigenvalue weighted by Crippen LogP contribution is -2.18. The number of anilines is 2. The van der Waals surface area contributed by atoms with Gasteiger partial charge in [0.05, 0.1) is 11.6 Å². The van der Waals surface area contributed by atoms with Gasteiger partial charge in [0.25, 0.3) is 0 Å². The Bertz CT molecular complexity index is 1980. The number of likely N-dealkylation sites (tertiary alicyclic amines) is 1. The predicted octanol–water partition coefficient (Wildman–Crippen LogP) is 8.21. The highest BCUT2D eigenvalue weighted by atomic mass is 35.5. The van der Waals surface area contributed by atoms with Crippen molar-refractivity contribution < 1.29 is 9.52 Å². The molecule has 1 aliphatic heterocycles. The smallest absolute Gasteiger partial charge is 0.227 e. The zero-order valence-corrected chi connectivity index (χ0v) is 24.9. The van der Waals surface area contributed by atoms with E-state index in [1.807, 2.05) is 24.5 Å². The van der Waals surface area contributed by atoms with Gasteiger partial charge in [0, 0.05) is 35.6 Å². The van der Waals surface area contributed by atoms with Gasteiger partial charge >= 0.3 is 0 Å². The van der Waals surface area contributed by atoms with Gasteiger partial charge in [0.15, 0.2) is 11.4 Å². The molecule has 1 fully saturated rings. The minimum Gasteiger partial charge on any atom is -0.434 e. The van der Waals surface area contributed by atoms with E-state index in [4.69, 9.17) is 31.0 Å². The zero-order valence-electron chi connectivity index (χ0n) is 24.2. The first-order chi connectivity index (χ1) is 21.0. The lowest BCUT2D eigenvalue weighted by atomic mass is 9.93. The van der Waals surface area contributed by atoms with Gasteiger partial charge in [-0.2, -0.15) is 0 Å². The average Bonchev–Trinajstić information content (AvgIpc) is 3.69. The van der Waals surface area contributed by atoms with E-state index in [0.29, 0.717) is 27.6 Å². The maximum Gasteiger partial charge on any atom is 0.227 e. The van der Waals surface area contributed by atoms with E-state index in [1.165, 1.54) is 18.4 Å². The van der Waals surface area contributed by atoms with Gasteiger partial charge in [-0.05, 0) is 110 Å². The number of nitrogens with one attached hydrogen (secondary N) is 1. The number of fused-ring (bicyclic) bond motifs is 2. The monoisotopic (exact) mass is 589 g/mol. The molecule has 0 spiro atoms. The molecule has 0 radical (unpaired) electrons. The lowest BCUT2D eigenvalue weighted by Gasteiger charge is -2.18. The Morgan fingerprint density at radius 1 is 0.907 bits per heavy atom. The Labute approximate surface area is 255 Å². The van der Waals surface area contributed by atoms with Crippen LogP contribution in [-0.4, -0.2) is 38.0 Å². The van der Waals surface area contributed by atoms with Gasteiger partial charge in [0.1, 0.15) is 11.0 Å². The van der Waals surface area contributed by atoms with Crippen molar-refractivity contribution in [3.8, 4) is 22.6 Å². The quantitative estimate of drug-likeness (QED) is 0.194. The molecule has 7 rings (SSSR count). The topological polar surface area (TPSA) is 87.3 Å². The highest BCUT2D eigenvalue weighted by Crippen LogP contribution is 2.38. The molecular weight excluding hydrogens is 558 g/mol. The van der Waals surface area contributed by atoms with E-state index in [1.54, 1.807) is 12.1 Å². The summed E-state index contributed by atoms with van der Waals surface area (Å²) in [6.45, 7) is 7.32. The molecule has 43 heavy (non-hydrogen) atoms. The minimum atomic E-state index is -0.111. The van der Waals surface area contributed by atoms with Crippen molar-refractivity contribution in [1.29, 1.82) is 0 Å². The van der Waals surface area contributed by atoms with Crippen molar-refractivity contribution >= 4 is 45.1 Å². The molecule has 0 unspecified atom stereocenters. The number of hydrogen-bond acceptors (Lipinski definition) is 7. The number of pyridine rings is 2. The molecule has 7 nitrogen and oxygen atoms in total. The molecule has 4 heterocycles. The van der Waals surface area contributed by atoms with Crippen molar-refractivity contribution in [2.24, 2.45) is 0 Å². The SMILES string of the molecule is Cc1c(Nc2nccc3c(CN4CCCC4)ccnc23)cccc1-c1cccc(-c2nc3cc(CO)cc(Cl)c3o2)c1C. The molecule has 0 amide bonds. The maximum atomic E-state index is 9.58. The molecule has 2 N–H and O–H groups in total. The van der Waals surface area contributed by atoms with Crippen LogP contribution in [-0.2, 0) is 13.2 Å². The van der Waals surface area contributed by atoms with Crippen molar-refractivity contribution in [2.45, 2.75) is 39.8 Å². The third kappa shape index (κ3) is 5.14. The zero-order chi connectivity index (χ0) is 29.5. The molecule has 0 saturated carbocycles. The Morgan fingerprint density at radius 2 is 1.65 bits per heavy atom. The van der Waals surface area contributed by atoms with Gasteiger partial charge in [-0.1, -0.05) is 35.9 Å². The number of hydrogen-bond donors (Lipinski definition) is 2. The summed E-state index contributed by atoms with van der Waals surface area (Å²) < 4.78 is 6.13. The van der Waals surface area contributed by atoms with Crippen molar-refractivity contribution in [1.82, 2.24) is 19.9 Å². The number of oxazole rings is 1. The van der Waals surface area contributed by atoms with Crippen molar-refractivity contribution in [2.75, 3.05) is 18.4 Å². The molecule has 216 valence electrons. The fourth-order valence-electron chi connectivity index (χ4n) is 6.15. The van der Waals surface area contributed by atoms with E-state index in [-0.39, 0.29) is 6.61 Å². The minimum absolute atomic E-state index is 0.111. The van der Waals surface area contributed by atoms with Crippen molar-refractivity contribution in [3.05, 3.63) is 100 Å². The third-order valence-corrected chi connectivity index (χ3v) is 8.75. The fraction of sp³-hybridized carbons (Fsp3) is 0.229. The van der Waals surface area contributed by atoms with Crippen LogP contribution in [0.5, 0.6) is 0 Å². The molecule has 0 aliphatic carbocycles. The summed E-state index contributed by atoms with van der Waals surface area (Å²) in [5.74, 6) is 1.24. The summed E-state index contributed by atoms with van der Waals surface area (Å²) in [7, 11) is 0. The van der Waals surface area contributed by atoms with Crippen molar-refractivity contribution in [3.63, 3.8) is 0 Å². The normalized spacial score (nSPS) is 13.8. The van der Waals surface area contributed by atoms with Gasteiger partial charge in [-0.15, -0.1) is 0 Å². The number of aliphatic hydroxyl groups excluding tert-OH is 1. The highest BCUT2D eigenvalue weighted by molar-refractivity contribution is 6.34. The Hall–Kier alpha value is -4.30. The summed E-state index contributed by atoms with van der Waals surface area (Å²) >= 11 is 6.43. The lowest BCUT2D eigenvalue weighted by molar-refractivity contribution is 0.282. The summed E-state index contributed by atoms with van der Waals surface area (Å²) in [5, 5.41) is 14.7. The molecule has 8 heteroatoms. The summed E-state index contributed by atoms with van der Waals surface area (Å²) in [6, 6.07) is 20.1. The Kier molecular flexibility index (Phi) is 7.31. The van der Waals surface area contributed by atoms with Crippen LogP contribution >= 0.6 is 11.6 Å². The number of nitrogens with zero attached hydrogens (tertiary/aromatic N) is 4. The molecule has 1 aliphatic rings. The average molecular weight is 590 g/mol.